The van der Waals surface area contributed by atoms with Crippen molar-refractivity contribution >= 4 is 11.3 Å². The fraction of sp³-hybridized carbons (Fsp3) is 0.562. The Kier molecular flexibility index (Phi) is 2.41. The van der Waals surface area contributed by atoms with Gasteiger partial charge in [0, 0.05) is 30.4 Å². The second-order valence-electron chi connectivity index (χ2n) is 6.68. The quantitative estimate of drug-likeness (QED) is 0.942. The van der Waals surface area contributed by atoms with E-state index < -0.39 is 0 Å². The lowest BCUT2D eigenvalue weighted by molar-refractivity contribution is 0.0154. The van der Waals surface area contributed by atoms with Crippen molar-refractivity contribution in [1.82, 2.24) is 9.38 Å². The van der Waals surface area contributed by atoms with Gasteiger partial charge in [0.25, 0.3) is 0 Å². The number of nitrogens with one attached hydrogen (secondary N) is 1. The smallest absolute Gasteiger partial charge is 0.150 e. The topological polar surface area (TPSA) is 47.8 Å². The van der Waals surface area contributed by atoms with Crippen molar-refractivity contribution in [3.05, 3.63) is 23.7 Å². The van der Waals surface area contributed by atoms with Crippen LogP contribution < -0.4 is 10.1 Å². The molecule has 0 spiro atoms. The van der Waals surface area contributed by atoms with Crippen LogP contribution >= 0.6 is 0 Å². The molecule has 1 aliphatic carbocycles. The number of anilines is 1. The van der Waals surface area contributed by atoms with E-state index in [4.69, 9.17) is 14.5 Å². The van der Waals surface area contributed by atoms with Gasteiger partial charge in [0.15, 0.2) is 0 Å². The monoisotopic (exact) mass is 287 g/mol. The molecule has 112 valence electrons. The largest absolute Gasteiger partial charge is 0.494 e. The van der Waals surface area contributed by atoms with Crippen LogP contribution in [0, 0.1) is 6.92 Å². The summed E-state index contributed by atoms with van der Waals surface area (Å²) in [6, 6.07) is 0. The highest BCUT2D eigenvalue weighted by molar-refractivity contribution is 5.68. The molecule has 2 aromatic rings. The molecule has 3 fully saturated rings. The molecule has 5 nitrogen and oxygen atoms in total. The minimum atomic E-state index is 0.0820. The van der Waals surface area contributed by atoms with Gasteiger partial charge in [-0.25, -0.2) is 4.98 Å². The lowest BCUT2D eigenvalue weighted by Crippen LogP contribution is -2.45. The average molecular weight is 287 g/mol. The van der Waals surface area contributed by atoms with E-state index in [9.17, 15) is 0 Å². The van der Waals surface area contributed by atoms with Crippen LogP contribution in [0.5, 0.6) is 5.75 Å². The number of fused-ring (bicyclic) bond motifs is 2. The highest BCUT2D eigenvalue weighted by Crippen LogP contribution is 2.58. The SMILES string of the molecule is CNc1cn2cc(C34COC(C)(C3)C4)nc2c(C)c1OC. The number of aromatic nitrogens is 2. The normalized spacial score (nSPS) is 30.5. The molecule has 5 rings (SSSR count). The molecule has 5 heteroatoms. The second kappa shape index (κ2) is 3.91. The summed E-state index contributed by atoms with van der Waals surface area (Å²) < 4.78 is 13.5. The molecule has 1 saturated carbocycles. The zero-order valence-electron chi connectivity index (χ0n) is 13.0. The highest BCUT2D eigenvalue weighted by Gasteiger charge is 2.61. The predicted molar refractivity (Wildman–Crippen MR) is 81.3 cm³/mol. The first-order chi connectivity index (χ1) is 10.0. The Morgan fingerprint density at radius 2 is 2.14 bits per heavy atom. The van der Waals surface area contributed by atoms with E-state index in [-0.39, 0.29) is 11.0 Å². The number of nitrogens with zero attached hydrogens (tertiary/aromatic N) is 2. The van der Waals surface area contributed by atoms with Crippen LogP contribution in [0.1, 0.15) is 31.0 Å². The number of imidazole rings is 1. The summed E-state index contributed by atoms with van der Waals surface area (Å²) in [6.45, 7) is 5.05. The first kappa shape index (κ1) is 13.0. The van der Waals surface area contributed by atoms with Crippen molar-refractivity contribution < 1.29 is 9.47 Å². The summed E-state index contributed by atoms with van der Waals surface area (Å²) in [5.74, 6) is 0.862. The molecule has 1 N–H and O–H groups in total. The van der Waals surface area contributed by atoms with Gasteiger partial charge in [-0.2, -0.15) is 0 Å². The summed E-state index contributed by atoms with van der Waals surface area (Å²) in [4.78, 5) is 4.89. The molecule has 4 heterocycles. The molecule has 3 aliphatic rings. The van der Waals surface area contributed by atoms with Crippen molar-refractivity contribution in [2.45, 2.75) is 37.7 Å². The summed E-state index contributed by atoms with van der Waals surface area (Å²) in [6.07, 6.45) is 6.36. The zero-order valence-corrected chi connectivity index (χ0v) is 13.0. The van der Waals surface area contributed by atoms with Gasteiger partial charge in [-0.3, -0.25) is 0 Å². The molecule has 2 saturated heterocycles. The molecule has 21 heavy (non-hydrogen) atoms. The van der Waals surface area contributed by atoms with Crippen molar-refractivity contribution in [2.24, 2.45) is 0 Å². The van der Waals surface area contributed by atoms with Crippen molar-refractivity contribution in [2.75, 3.05) is 26.1 Å². The molecule has 2 aliphatic heterocycles. The van der Waals surface area contributed by atoms with Gasteiger partial charge >= 0.3 is 0 Å². The van der Waals surface area contributed by atoms with E-state index in [0.717, 1.165) is 47.8 Å². The van der Waals surface area contributed by atoms with Crippen LogP contribution in [0.15, 0.2) is 12.4 Å². The summed E-state index contributed by atoms with van der Waals surface area (Å²) in [5, 5.41) is 3.19. The van der Waals surface area contributed by atoms with Gasteiger partial charge < -0.3 is 19.2 Å². The molecular weight excluding hydrogens is 266 g/mol. The number of ether oxygens (including phenoxy) is 2. The number of hydrogen-bond donors (Lipinski definition) is 1. The van der Waals surface area contributed by atoms with Crippen LogP contribution in [0.25, 0.3) is 5.65 Å². The molecule has 0 amide bonds. The molecule has 0 aromatic carbocycles. The highest BCUT2D eigenvalue weighted by atomic mass is 16.5. The second-order valence-corrected chi connectivity index (χ2v) is 6.68. The molecular formula is C16H21N3O2. The summed E-state index contributed by atoms with van der Waals surface area (Å²) >= 11 is 0. The number of rotatable bonds is 3. The minimum Gasteiger partial charge on any atom is -0.494 e. The molecule has 0 radical (unpaired) electrons. The van der Waals surface area contributed by atoms with Crippen molar-refractivity contribution in [3.8, 4) is 5.75 Å². The van der Waals surface area contributed by atoms with Crippen LogP contribution in [0.4, 0.5) is 5.69 Å². The van der Waals surface area contributed by atoms with Crippen LogP contribution in [0.3, 0.4) is 0 Å². The first-order valence-electron chi connectivity index (χ1n) is 7.39. The van der Waals surface area contributed by atoms with Gasteiger partial charge in [0.2, 0.25) is 0 Å². The Hall–Kier alpha value is -1.75. The van der Waals surface area contributed by atoms with E-state index in [1.807, 2.05) is 13.2 Å². The van der Waals surface area contributed by atoms with Crippen molar-refractivity contribution in [3.63, 3.8) is 0 Å². The van der Waals surface area contributed by atoms with E-state index in [1.54, 1.807) is 7.11 Å². The Labute approximate surface area is 124 Å². The van der Waals surface area contributed by atoms with Gasteiger partial charge in [-0.1, -0.05) is 0 Å². The van der Waals surface area contributed by atoms with E-state index in [2.05, 4.69) is 29.8 Å². The number of aryl methyl sites for hydroxylation is 1. The van der Waals surface area contributed by atoms with Gasteiger partial charge in [0.05, 0.1) is 30.7 Å². The third kappa shape index (κ3) is 1.58. The Bertz CT molecular complexity index is 729. The first-order valence-corrected chi connectivity index (χ1v) is 7.39. The fourth-order valence-electron chi connectivity index (χ4n) is 4.12. The van der Waals surface area contributed by atoms with Crippen LogP contribution in [-0.4, -0.2) is 35.8 Å². The van der Waals surface area contributed by atoms with Gasteiger partial charge in [0.1, 0.15) is 11.4 Å². The Morgan fingerprint density at radius 1 is 1.38 bits per heavy atom. The minimum absolute atomic E-state index is 0.0820. The van der Waals surface area contributed by atoms with E-state index in [0.29, 0.717) is 0 Å². The number of hydrogen-bond acceptors (Lipinski definition) is 4. The molecule has 0 atom stereocenters. The third-order valence-corrected chi connectivity index (χ3v) is 5.06. The van der Waals surface area contributed by atoms with E-state index in [1.165, 1.54) is 0 Å². The maximum atomic E-state index is 5.90. The average Bonchev–Trinajstić information content (AvgIpc) is 3.08. The molecule has 2 bridgehead atoms. The van der Waals surface area contributed by atoms with Crippen LogP contribution in [0.2, 0.25) is 0 Å². The third-order valence-electron chi connectivity index (χ3n) is 5.06. The zero-order chi connectivity index (χ0) is 14.8. The fourth-order valence-corrected chi connectivity index (χ4v) is 4.12. The number of methoxy groups -OCH3 is 1. The van der Waals surface area contributed by atoms with Gasteiger partial charge in [-0.15, -0.1) is 0 Å². The summed E-state index contributed by atoms with van der Waals surface area (Å²) in [7, 11) is 3.60. The molecule has 2 aromatic heterocycles. The lowest BCUT2D eigenvalue weighted by Gasteiger charge is -2.41. The summed E-state index contributed by atoms with van der Waals surface area (Å²) in [5.41, 5.74) is 4.36. The standard InChI is InChI=1S/C16H21N3O2/c1-10-13(20-4)11(17-3)5-19-6-12(18-14(10)19)16-7-15(2,8-16)21-9-16/h5-6,17H,7-9H2,1-4H3. The van der Waals surface area contributed by atoms with Gasteiger partial charge in [-0.05, 0) is 26.7 Å². The maximum absolute atomic E-state index is 5.90. The Morgan fingerprint density at radius 3 is 2.71 bits per heavy atom. The van der Waals surface area contributed by atoms with E-state index >= 15 is 0 Å². The lowest BCUT2D eigenvalue weighted by atomic mass is 9.62. The number of pyridine rings is 1. The predicted octanol–water partition coefficient (Wildman–Crippen LogP) is 2.51. The van der Waals surface area contributed by atoms with Crippen LogP contribution in [-0.2, 0) is 10.2 Å². The Balaban J connectivity index is 1.86. The molecule has 0 unspecified atom stereocenters. The maximum Gasteiger partial charge on any atom is 0.150 e. The van der Waals surface area contributed by atoms with Crippen molar-refractivity contribution in [1.29, 1.82) is 0 Å².